The van der Waals surface area contributed by atoms with Crippen molar-refractivity contribution >= 4 is 24.5 Å². The van der Waals surface area contributed by atoms with Crippen molar-refractivity contribution in [1.29, 1.82) is 0 Å². The topological polar surface area (TPSA) is 124 Å². The molecule has 10 heteroatoms. The second-order valence-corrected chi connectivity index (χ2v) is 14.9. The Labute approximate surface area is 271 Å². The normalized spacial score (nSPS) is 19.8. The van der Waals surface area contributed by atoms with Crippen LogP contribution in [0.15, 0.2) is 36.4 Å². The van der Waals surface area contributed by atoms with E-state index >= 15 is 0 Å². The fourth-order valence-electron chi connectivity index (χ4n) is 5.21. The fraction of sp³-hybridized carbons (Fsp3) is 0.706. The highest BCUT2D eigenvalue weighted by Crippen LogP contribution is 2.45. The molecule has 0 aromatic heterocycles. The first-order valence-corrected chi connectivity index (χ1v) is 16.4. The number of likely N-dealkylation sites (N-methyl/N-ethyl adjacent to an activating group) is 2. The number of nitrogens with zero attached hydrogens (tertiary/aromatic N) is 2. The first-order chi connectivity index (χ1) is 20.6. The van der Waals surface area contributed by atoms with Crippen LogP contribution in [0.25, 0.3) is 0 Å². The van der Waals surface area contributed by atoms with Crippen LogP contribution >= 0.6 is 12.6 Å². The minimum Gasteiger partial charge on any atom is -0.460 e. The van der Waals surface area contributed by atoms with Crippen molar-refractivity contribution < 1.29 is 23.8 Å². The highest BCUT2D eigenvalue weighted by Gasteiger charge is 2.47. The van der Waals surface area contributed by atoms with Crippen LogP contribution in [0.4, 0.5) is 0 Å². The first kappa shape index (κ1) is 38.2. The van der Waals surface area contributed by atoms with E-state index in [0.29, 0.717) is 26.0 Å². The van der Waals surface area contributed by atoms with Gasteiger partial charge in [0.1, 0.15) is 12.2 Å². The number of benzene rings is 1. The Bertz CT molecular complexity index is 1050. The van der Waals surface area contributed by atoms with Crippen molar-refractivity contribution in [2.24, 2.45) is 29.2 Å². The zero-order valence-corrected chi connectivity index (χ0v) is 29.1. The zero-order valence-electron chi connectivity index (χ0n) is 28.2. The molecule has 1 saturated heterocycles. The lowest BCUT2D eigenvalue weighted by atomic mass is 9.93. The molecule has 44 heavy (non-hydrogen) atoms. The monoisotopic (exact) mass is 634 g/mol. The molecule has 1 aliphatic rings. The average molecular weight is 635 g/mol. The van der Waals surface area contributed by atoms with Gasteiger partial charge in [0.15, 0.2) is 6.10 Å². The van der Waals surface area contributed by atoms with E-state index in [1.165, 1.54) is 11.6 Å². The third-order valence-corrected chi connectivity index (χ3v) is 7.90. The van der Waals surface area contributed by atoms with E-state index in [1.54, 1.807) is 6.08 Å². The van der Waals surface area contributed by atoms with E-state index in [2.05, 4.69) is 74.6 Å². The number of amides is 1. The van der Waals surface area contributed by atoms with Crippen LogP contribution in [0.2, 0.25) is 0 Å². The van der Waals surface area contributed by atoms with E-state index in [1.807, 2.05) is 27.7 Å². The lowest BCUT2D eigenvalue weighted by Gasteiger charge is -2.27. The van der Waals surface area contributed by atoms with Crippen molar-refractivity contribution in [1.82, 2.24) is 9.80 Å². The Morgan fingerprint density at radius 2 is 1.73 bits per heavy atom. The molecule has 1 aromatic rings. The van der Waals surface area contributed by atoms with Crippen LogP contribution in [0.5, 0.6) is 0 Å². The Hall–Kier alpha value is -1.95. The standard InChI is InChI=1S/C34H58N4O5S/c1-23(2)18-29(41-21-24(3)19-35)33(40)42-28(10-9-11-30(36)39)25(4)31-32(43-31)27-14-12-26(13-15-27)20-37(7)16-17-38(8)22-34(5,6)44/h9,11-15,23-25,28-29,31-32,44H,10,16-22,35H2,1-8H3,(H2,36,39). The molecule has 1 heterocycles. The molecule has 0 aliphatic carbocycles. The molecule has 4 N–H and O–H groups in total. The van der Waals surface area contributed by atoms with E-state index in [0.717, 1.165) is 31.7 Å². The molecular formula is C34H58N4O5S. The van der Waals surface area contributed by atoms with Gasteiger partial charge < -0.3 is 35.5 Å². The Kier molecular flexibility index (Phi) is 15.9. The van der Waals surface area contributed by atoms with Gasteiger partial charge >= 0.3 is 5.97 Å². The molecule has 1 amide bonds. The molecule has 6 unspecified atom stereocenters. The van der Waals surface area contributed by atoms with E-state index in [-0.39, 0.29) is 34.7 Å². The van der Waals surface area contributed by atoms with Gasteiger partial charge in [0, 0.05) is 43.3 Å². The molecule has 250 valence electrons. The maximum atomic E-state index is 13.3. The third-order valence-electron chi connectivity index (χ3n) is 7.76. The average Bonchev–Trinajstić information content (AvgIpc) is 3.73. The number of hydrogen-bond donors (Lipinski definition) is 3. The van der Waals surface area contributed by atoms with Crippen LogP contribution in [0, 0.1) is 17.8 Å². The van der Waals surface area contributed by atoms with Gasteiger partial charge in [-0.05, 0) is 69.9 Å². The van der Waals surface area contributed by atoms with Gasteiger partial charge in [-0.15, -0.1) is 0 Å². The van der Waals surface area contributed by atoms with Crippen molar-refractivity contribution in [3.05, 3.63) is 47.5 Å². The summed E-state index contributed by atoms with van der Waals surface area (Å²) in [6, 6.07) is 8.54. The third kappa shape index (κ3) is 14.4. The lowest BCUT2D eigenvalue weighted by Crippen LogP contribution is -2.37. The van der Waals surface area contributed by atoms with Gasteiger partial charge in [-0.2, -0.15) is 12.6 Å². The largest absolute Gasteiger partial charge is 0.460 e. The molecule has 0 radical (unpaired) electrons. The summed E-state index contributed by atoms with van der Waals surface area (Å²) in [4.78, 5) is 29.3. The van der Waals surface area contributed by atoms with Gasteiger partial charge in [0.25, 0.3) is 0 Å². The number of thiol groups is 1. The van der Waals surface area contributed by atoms with Crippen LogP contribution in [-0.4, -0.2) is 91.6 Å². The molecule has 6 atom stereocenters. The molecule has 1 fully saturated rings. The Balaban J connectivity index is 2.01. The van der Waals surface area contributed by atoms with Crippen LogP contribution in [0.3, 0.4) is 0 Å². The maximum Gasteiger partial charge on any atom is 0.335 e. The number of carbonyl (C=O) groups excluding carboxylic acids is 2. The highest BCUT2D eigenvalue weighted by molar-refractivity contribution is 7.81. The first-order valence-electron chi connectivity index (χ1n) is 15.9. The summed E-state index contributed by atoms with van der Waals surface area (Å²) < 4.78 is 18.1. The van der Waals surface area contributed by atoms with Gasteiger partial charge in [0.05, 0.1) is 12.7 Å². The quantitative estimate of drug-likeness (QED) is 0.0796. The molecule has 0 spiro atoms. The summed E-state index contributed by atoms with van der Waals surface area (Å²) >= 11 is 4.64. The molecule has 0 saturated carbocycles. The maximum absolute atomic E-state index is 13.3. The minimum absolute atomic E-state index is 0.0148. The Morgan fingerprint density at radius 3 is 2.30 bits per heavy atom. The predicted molar refractivity (Wildman–Crippen MR) is 180 cm³/mol. The molecule has 0 bridgehead atoms. The smallest absolute Gasteiger partial charge is 0.335 e. The van der Waals surface area contributed by atoms with Crippen LogP contribution in [-0.2, 0) is 30.3 Å². The van der Waals surface area contributed by atoms with Crippen LogP contribution < -0.4 is 11.5 Å². The van der Waals surface area contributed by atoms with Crippen molar-refractivity contribution in [2.45, 2.75) is 90.1 Å². The van der Waals surface area contributed by atoms with Crippen LogP contribution in [0.1, 0.15) is 71.6 Å². The van der Waals surface area contributed by atoms with Gasteiger partial charge in [-0.3, -0.25) is 4.79 Å². The van der Waals surface area contributed by atoms with Crippen molar-refractivity contribution in [3.63, 3.8) is 0 Å². The van der Waals surface area contributed by atoms with E-state index in [9.17, 15) is 9.59 Å². The summed E-state index contributed by atoms with van der Waals surface area (Å²) in [5, 5.41) is 0. The number of carbonyl (C=O) groups is 2. The molecular weight excluding hydrogens is 576 g/mol. The van der Waals surface area contributed by atoms with Crippen molar-refractivity contribution in [3.8, 4) is 0 Å². The van der Waals surface area contributed by atoms with Gasteiger partial charge in [-0.25, -0.2) is 4.79 Å². The van der Waals surface area contributed by atoms with Gasteiger partial charge in [0.2, 0.25) is 5.91 Å². The van der Waals surface area contributed by atoms with E-state index in [4.69, 9.17) is 25.7 Å². The number of rotatable bonds is 21. The molecule has 2 rings (SSSR count). The number of primary amides is 1. The second-order valence-electron chi connectivity index (χ2n) is 13.7. The summed E-state index contributed by atoms with van der Waals surface area (Å²) in [5.41, 5.74) is 13.4. The minimum atomic E-state index is -0.685. The SMILES string of the molecule is CC(C)CC(OCC(C)CN)C(=O)OC(CC=CC(N)=O)C(C)C1OC1c1ccc(CN(C)CCN(C)CC(C)(C)S)cc1. The van der Waals surface area contributed by atoms with E-state index < -0.39 is 24.1 Å². The molecule has 1 aliphatic heterocycles. The number of hydrogen-bond acceptors (Lipinski definition) is 9. The van der Waals surface area contributed by atoms with Gasteiger partial charge in [-0.1, -0.05) is 58.0 Å². The predicted octanol–water partition coefficient (Wildman–Crippen LogP) is 4.20. The second kappa shape index (κ2) is 18.3. The summed E-state index contributed by atoms with van der Waals surface area (Å²) in [7, 11) is 4.27. The summed E-state index contributed by atoms with van der Waals surface area (Å²) in [6.45, 7) is 16.9. The highest BCUT2D eigenvalue weighted by atomic mass is 32.1. The zero-order chi connectivity index (χ0) is 33.0. The number of esters is 1. The number of ether oxygens (including phenoxy) is 3. The summed E-state index contributed by atoms with van der Waals surface area (Å²) in [6.07, 6.45) is 2.48. The fourth-order valence-corrected chi connectivity index (χ4v) is 5.45. The van der Waals surface area contributed by atoms with Crippen molar-refractivity contribution in [2.75, 3.05) is 46.9 Å². The molecule has 9 nitrogen and oxygen atoms in total. The Morgan fingerprint density at radius 1 is 1.09 bits per heavy atom. The summed E-state index contributed by atoms with van der Waals surface area (Å²) in [5.74, 6) is -0.681. The number of nitrogens with two attached hydrogens (primary N) is 2. The molecule has 1 aromatic carbocycles. The lowest BCUT2D eigenvalue weighted by molar-refractivity contribution is -0.167. The number of epoxide rings is 1.